The normalized spacial score (nSPS) is 11.1. The summed E-state index contributed by atoms with van der Waals surface area (Å²) in [6.07, 6.45) is 0. The molecule has 0 aliphatic rings. The molecule has 0 fully saturated rings. The van der Waals surface area contributed by atoms with E-state index in [1.807, 2.05) is 0 Å². The summed E-state index contributed by atoms with van der Waals surface area (Å²) in [6, 6.07) is 6.79. The number of H-pyrrole nitrogens is 1. The van der Waals surface area contributed by atoms with Crippen molar-refractivity contribution in [1.29, 1.82) is 0 Å². The molecule has 1 heterocycles. The smallest absolute Gasteiger partial charge is 0.305 e. The van der Waals surface area contributed by atoms with Gasteiger partial charge in [0.2, 0.25) is 0 Å². The molecule has 3 aromatic rings. The Morgan fingerprint density at radius 1 is 1.00 bits per heavy atom. The Balaban J connectivity index is 2.43. The number of hydrogen-bond donors (Lipinski definition) is 1. The maximum Gasteiger partial charge on any atom is 0.331 e. The molecule has 3 rings (SSSR count). The lowest BCUT2D eigenvalue weighted by Gasteiger charge is -2.06. The van der Waals surface area contributed by atoms with E-state index in [2.05, 4.69) is 4.98 Å². The van der Waals surface area contributed by atoms with Crippen molar-refractivity contribution in [3.63, 3.8) is 0 Å². The molecule has 0 saturated heterocycles. The van der Waals surface area contributed by atoms with E-state index < -0.39 is 28.8 Å². The van der Waals surface area contributed by atoms with Gasteiger partial charge >= 0.3 is 5.69 Å². The number of halogens is 3. The second-order valence-electron chi connectivity index (χ2n) is 4.00. The zero-order chi connectivity index (χ0) is 13.6. The first-order valence-corrected chi connectivity index (χ1v) is 5.42. The lowest BCUT2D eigenvalue weighted by Crippen LogP contribution is -2.17. The molecule has 0 aliphatic carbocycles. The van der Waals surface area contributed by atoms with E-state index in [9.17, 15) is 18.0 Å². The van der Waals surface area contributed by atoms with Crippen molar-refractivity contribution < 1.29 is 13.2 Å². The molecular formula is C13H7F3N2O. The van der Waals surface area contributed by atoms with Crippen LogP contribution < -0.4 is 5.69 Å². The van der Waals surface area contributed by atoms with E-state index in [0.717, 1.165) is 28.8 Å². The zero-order valence-corrected chi connectivity index (χ0v) is 9.45. The summed E-state index contributed by atoms with van der Waals surface area (Å²) in [5.41, 5.74) is -0.835. The summed E-state index contributed by atoms with van der Waals surface area (Å²) in [7, 11) is 0. The van der Waals surface area contributed by atoms with E-state index in [1.54, 1.807) is 0 Å². The van der Waals surface area contributed by atoms with Crippen LogP contribution in [-0.4, -0.2) is 9.55 Å². The fourth-order valence-electron chi connectivity index (χ4n) is 2.01. The summed E-state index contributed by atoms with van der Waals surface area (Å²) in [4.78, 5) is 14.2. The standard InChI is InChI=1S/C13H7F3N2O/c14-7-4-5-11-10(6-7)17-13(19)18(11)12-8(15)2-1-3-9(12)16/h1-6H,(H,17,19). The van der Waals surface area contributed by atoms with Gasteiger partial charge in [0.05, 0.1) is 11.0 Å². The molecule has 1 aromatic heterocycles. The number of nitrogens with one attached hydrogen (secondary N) is 1. The van der Waals surface area contributed by atoms with Crippen molar-refractivity contribution >= 4 is 11.0 Å². The van der Waals surface area contributed by atoms with Crippen LogP contribution in [0, 0.1) is 17.5 Å². The SMILES string of the molecule is O=c1[nH]c2cc(F)ccc2n1-c1c(F)cccc1F. The summed E-state index contributed by atoms with van der Waals surface area (Å²) >= 11 is 0. The molecule has 0 saturated carbocycles. The quantitative estimate of drug-likeness (QED) is 0.721. The fraction of sp³-hybridized carbons (Fsp3) is 0. The molecule has 0 bridgehead atoms. The highest BCUT2D eigenvalue weighted by Crippen LogP contribution is 2.21. The van der Waals surface area contributed by atoms with Crippen LogP contribution in [-0.2, 0) is 0 Å². The third-order valence-corrected chi connectivity index (χ3v) is 2.81. The maximum absolute atomic E-state index is 13.7. The third kappa shape index (κ3) is 1.72. The summed E-state index contributed by atoms with van der Waals surface area (Å²) in [5.74, 6) is -2.28. The molecule has 0 spiro atoms. The van der Waals surface area contributed by atoms with Gasteiger partial charge in [0.1, 0.15) is 23.1 Å². The molecule has 1 N–H and O–H groups in total. The van der Waals surface area contributed by atoms with Gasteiger partial charge in [-0.05, 0) is 30.3 Å². The molecule has 0 atom stereocenters. The van der Waals surface area contributed by atoms with E-state index in [4.69, 9.17) is 0 Å². The number of benzene rings is 2. The van der Waals surface area contributed by atoms with Crippen LogP contribution in [0.5, 0.6) is 0 Å². The average molecular weight is 264 g/mol. The molecule has 0 amide bonds. The van der Waals surface area contributed by atoms with Crippen LogP contribution in [0.15, 0.2) is 41.2 Å². The van der Waals surface area contributed by atoms with Gasteiger partial charge in [0, 0.05) is 0 Å². The lowest BCUT2D eigenvalue weighted by atomic mass is 10.2. The monoisotopic (exact) mass is 264 g/mol. The molecule has 3 nitrogen and oxygen atoms in total. The zero-order valence-electron chi connectivity index (χ0n) is 9.45. The van der Waals surface area contributed by atoms with Crippen LogP contribution in [0.2, 0.25) is 0 Å². The van der Waals surface area contributed by atoms with Crippen LogP contribution in [0.3, 0.4) is 0 Å². The number of para-hydroxylation sites is 1. The van der Waals surface area contributed by atoms with Gasteiger partial charge in [-0.1, -0.05) is 6.07 Å². The minimum atomic E-state index is -0.868. The van der Waals surface area contributed by atoms with Gasteiger partial charge in [-0.3, -0.25) is 4.57 Å². The molecule has 96 valence electrons. The molecule has 19 heavy (non-hydrogen) atoms. The van der Waals surface area contributed by atoms with E-state index in [-0.39, 0.29) is 11.0 Å². The Kier molecular flexibility index (Phi) is 2.45. The summed E-state index contributed by atoms with van der Waals surface area (Å²) < 4.78 is 41.3. The number of hydrogen-bond acceptors (Lipinski definition) is 1. The van der Waals surface area contributed by atoms with Gasteiger partial charge in [-0.15, -0.1) is 0 Å². The molecular weight excluding hydrogens is 257 g/mol. The highest BCUT2D eigenvalue weighted by atomic mass is 19.1. The Hall–Kier alpha value is -2.50. The number of rotatable bonds is 1. The van der Waals surface area contributed by atoms with Crippen molar-refractivity contribution in [3.8, 4) is 5.69 Å². The van der Waals surface area contributed by atoms with Gasteiger partial charge in [0.15, 0.2) is 0 Å². The minimum Gasteiger partial charge on any atom is -0.305 e. The highest BCUT2D eigenvalue weighted by molar-refractivity contribution is 5.77. The molecule has 2 aromatic carbocycles. The fourth-order valence-corrected chi connectivity index (χ4v) is 2.01. The number of imidazole rings is 1. The third-order valence-electron chi connectivity index (χ3n) is 2.81. The minimum absolute atomic E-state index is 0.174. The molecule has 0 radical (unpaired) electrons. The topological polar surface area (TPSA) is 37.8 Å². The number of fused-ring (bicyclic) bond motifs is 1. The van der Waals surface area contributed by atoms with Crippen molar-refractivity contribution in [1.82, 2.24) is 9.55 Å². The first kappa shape index (κ1) is 11.6. The van der Waals surface area contributed by atoms with Crippen molar-refractivity contribution in [2.45, 2.75) is 0 Å². The Morgan fingerprint density at radius 2 is 1.68 bits per heavy atom. The maximum atomic E-state index is 13.7. The molecule has 0 unspecified atom stereocenters. The summed E-state index contributed by atoms with van der Waals surface area (Å²) in [5, 5.41) is 0. The molecule has 0 aliphatic heterocycles. The predicted molar refractivity (Wildman–Crippen MR) is 63.8 cm³/mol. The van der Waals surface area contributed by atoms with Gasteiger partial charge in [-0.25, -0.2) is 18.0 Å². The second kappa shape index (κ2) is 4.01. The molecule has 6 heteroatoms. The second-order valence-corrected chi connectivity index (χ2v) is 4.00. The first-order valence-electron chi connectivity index (χ1n) is 5.42. The highest BCUT2D eigenvalue weighted by Gasteiger charge is 2.16. The Morgan fingerprint density at radius 3 is 2.37 bits per heavy atom. The number of aromatic nitrogens is 2. The Labute approximate surface area is 104 Å². The average Bonchev–Trinajstić information content (AvgIpc) is 2.65. The van der Waals surface area contributed by atoms with Crippen molar-refractivity contribution in [2.75, 3.05) is 0 Å². The van der Waals surface area contributed by atoms with Crippen LogP contribution in [0.25, 0.3) is 16.7 Å². The van der Waals surface area contributed by atoms with Gasteiger partial charge in [0.25, 0.3) is 0 Å². The van der Waals surface area contributed by atoms with Crippen LogP contribution in [0.4, 0.5) is 13.2 Å². The number of nitrogens with zero attached hydrogens (tertiary/aromatic N) is 1. The van der Waals surface area contributed by atoms with E-state index in [1.165, 1.54) is 12.1 Å². The largest absolute Gasteiger partial charge is 0.331 e. The van der Waals surface area contributed by atoms with Crippen molar-refractivity contribution in [3.05, 3.63) is 64.3 Å². The van der Waals surface area contributed by atoms with Crippen molar-refractivity contribution in [2.24, 2.45) is 0 Å². The van der Waals surface area contributed by atoms with Crippen LogP contribution in [0.1, 0.15) is 0 Å². The predicted octanol–water partition coefficient (Wildman–Crippen LogP) is 2.74. The van der Waals surface area contributed by atoms with E-state index >= 15 is 0 Å². The van der Waals surface area contributed by atoms with Gasteiger partial charge in [-0.2, -0.15) is 0 Å². The van der Waals surface area contributed by atoms with Crippen LogP contribution >= 0.6 is 0 Å². The summed E-state index contributed by atoms with van der Waals surface area (Å²) in [6.45, 7) is 0. The lowest BCUT2D eigenvalue weighted by molar-refractivity contribution is 0.569. The van der Waals surface area contributed by atoms with E-state index in [0.29, 0.717) is 0 Å². The Bertz CT molecular complexity index is 815. The first-order chi connectivity index (χ1) is 9.08. The number of aromatic amines is 1. The van der Waals surface area contributed by atoms with Gasteiger partial charge < -0.3 is 4.98 Å².